The van der Waals surface area contributed by atoms with Gasteiger partial charge in [0.15, 0.2) is 17.4 Å². The van der Waals surface area contributed by atoms with Crippen LogP contribution in [0.2, 0.25) is 0 Å². The van der Waals surface area contributed by atoms with Crippen molar-refractivity contribution >= 4 is 6.08 Å². The van der Waals surface area contributed by atoms with Crippen LogP contribution in [0.15, 0.2) is 17.7 Å². The van der Waals surface area contributed by atoms with Crippen LogP contribution in [-0.4, -0.2) is 6.61 Å². The molecule has 0 aliphatic carbocycles. The van der Waals surface area contributed by atoms with Gasteiger partial charge in [0.1, 0.15) is 17.7 Å². The van der Waals surface area contributed by atoms with Crippen molar-refractivity contribution in [2.75, 3.05) is 6.61 Å². The van der Waals surface area contributed by atoms with Gasteiger partial charge in [0, 0.05) is 0 Å². The number of halogens is 2. The average molecular weight is 262 g/mol. The quantitative estimate of drug-likeness (QED) is 0.602. The number of rotatable bonds is 5. The maximum atomic E-state index is 13.6. The fraction of sp³-hybridized carbons (Fsp3) is 0.286. The lowest BCUT2D eigenvalue weighted by molar-refractivity contribution is 0.278. The Bertz CT molecular complexity index is 529. The summed E-state index contributed by atoms with van der Waals surface area (Å²) in [6.45, 7) is 2.18. The van der Waals surface area contributed by atoms with E-state index in [-0.39, 0.29) is 17.7 Å². The molecule has 0 atom stereocenters. The van der Waals surface area contributed by atoms with Crippen molar-refractivity contribution in [3.8, 4) is 17.9 Å². The third kappa shape index (κ3) is 4.08. The van der Waals surface area contributed by atoms with E-state index in [9.17, 15) is 8.78 Å². The van der Waals surface area contributed by atoms with E-state index < -0.39 is 17.4 Å². The number of benzene rings is 1. The Morgan fingerprint density at radius 3 is 2.32 bits per heavy atom. The molecule has 0 radical (unpaired) electrons. The summed E-state index contributed by atoms with van der Waals surface area (Å²) in [6, 6.07) is 5.29. The van der Waals surface area contributed by atoms with Crippen LogP contribution in [-0.2, 0) is 0 Å². The molecule has 0 amide bonds. The van der Waals surface area contributed by atoms with Gasteiger partial charge in [-0.3, -0.25) is 0 Å². The van der Waals surface area contributed by atoms with E-state index in [1.807, 2.05) is 6.92 Å². The molecule has 0 aliphatic rings. The lowest BCUT2D eigenvalue weighted by Crippen LogP contribution is -2.01. The number of nitrogens with zero attached hydrogens (tertiary/aromatic N) is 2. The minimum Gasteiger partial charge on any atom is -0.488 e. The second kappa shape index (κ2) is 7.13. The Morgan fingerprint density at radius 2 is 1.84 bits per heavy atom. The van der Waals surface area contributed by atoms with Crippen molar-refractivity contribution in [1.82, 2.24) is 0 Å². The molecule has 0 heterocycles. The molecule has 5 heteroatoms. The molecule has 0 N–H and O–H groups in total. The summed E-state index contributed by atoms with van der Waals surface area (Å²) < 4.78 is 32.3. The van der Waals surface area contributed by atoms with E-state index in [2.05, 4.69) is 0 Å². The van der Waals surface area contributed by atoms with Gasteiger partial charge >= 0.3 is 0 Å². The molecule has 0 bridgehead atoms. The zero-order valence-corrected chi connectivity index (χ0v) is 10.4. The first-order chi connectivity index (χ1) is 9.12. The monoisotopic (exact) mass is 262 g/mol. The molecule has 0 unspecified atom stereocenters. The van der Waals surface area contributed by atoms with Crippen molar-refractivity contribution < 1.29 is 13.5 Å². The largest absolute Gasteiger partial charge is 0.488 e. The van der Waals surface area contributed by atoms with Gasteiger partial charge in [-0.15, -0.1) is 0 Å². The number of allylic oxidation sites excluding steroid dienone is 1. The lowest BCUT2D eigenvalue weighted by Gasteiger charge is -2.08. The zero-order chi connectivity index (χ0) is 14.3. The normalized spacial score (nSPS) is 9.32. The summed E-state index contributed by atoms with van der Waals surface area (Å²) in [5.41, 5.74) is -0.116. The fourth-order valence-electron chi connectivity index (χ4n) is 1.38. The molecule has 3 nitrogen and oxygen atoms in total. The van der Waals surface area contributed by atoms with Crippen molar-refractivity contribution in [2.45, 2.75) is 19.8 Å². The number of ether oxygens (including phenoxy) is 1. The minimum atomic E-state index is -0.849. The smallest absolute Gasteiger partial charge is 0.190 e. The van der Waals surface area contributed by atoms with Crippen LogP contribution in [0.5, 0.6) is 5.75 Å². The van der Waals surface area contributed by atoms with E-state index in [1.54, 1.807) is 12.1 Å². The van der Waals surface area contributed by atoms with Crippen LogP contribution in [0.1, 0.15) is 25.3 Å². The van der Waals surface area contributed by atoms with E-state index in [0.717, 1.165) is 24.6 Å². The summed E-state index contributed by atoms with van der Waals surface area (Å²) in [5.74, 6) is -2.13. The number of hydrogen-bond acceptors (Lipinski definition) is 3. The summed E-state index contributed by atoms with van der Waals surface area (Å²) in [4.78, 5) is 0. The molecule has 0 aliphatic heterocycles. The van der Waals surface area contributed by atoms with E-state index in [4.69, 9.17) is 15.3 Å². The maximum absolute atomic E-state index is 13.6. The Kier molecular flexibility index (Phi) is 5.50. The second-order valence-corrected chi connectivity index (χ2v) is 3.80. The average Bonchev–Trinajstić information content (AvgIpc) is 2.39. The van der Waals surface area contributed by atoms with Crippen molar-refractivity contribution in [2.24, 2.45) is 0 Å². The highest BCUT2D eigenvalue weighted by atomic mass is 19.1. The molecule has 0 fully saturated rings. The topological polar surface area (TPSA) is 56.8 Å². The van der Waals surface area contributed by atoms with Gasteiger partial charge in [0.05, 0.1) is 6.61 Å². The van der Waals surface area contributed by atoms with Crippen LogP contribution < -0.4 is 4.74 Å². The van der Waals surface area contributed by atoms with Crippen molar-refractivity contribution in [3.05, 3.63) is 34.9 Å². The first-order valence-corrected chi connectivity index (χ1v) is 5.76. The number of hydrogen-bond donors (Lipinski definition) is 0. The second-order valence-electron chi connectivity index (χ2n) is 3.80. The van der Waals surface area contributed by atoms with Crippen LogP contribution in [0.4, 0.5) is 8.78 Å². The number of nitriles is 2. The molecule has 1 rings (SSSR count). The molecule has 1 aromatic carbocycles. The van der Waals surface area contributed by atoms with Gasteiger partial charge < -0.3 is 4.74 Å². The van der Waals surface area contributed by atoms with Gasteiger partial charge in [-0.05, 0) is 30.2 Å². The molecule has 0 saturated heterocycles. The Labute approximate surface area is 110 Å². The third-order valence-corrected chi connectivity index (χ3v) is 2.32. The molecule has 0 spiro atoms. The standard InChI is InChI=1S/C14H12F2N2O/c1-2-3-4-19-14-12(15)6-10(7-13(14)16)5-11(8-17)9-18/h5-7H,2-4H2,1H3. The minimum absolute atomic E-state index is 0.107. The highest BCUT2D eigenvalue weighted by molar-refractivity contribution is 5.62. The predicted octanol–water partition coefficient (Wildman–Crippen LogP) is 3.57. The molecule has 19 heavy (non-hydrogen) atoms. The van der Waals surface area contributed by atoms with Crippen LogP contribution in [0.25, 0.3) is 6.08 Å². The first-order valence-electron chi connectivity index (χ1n) is 5.76. The summed E-state index contributed by atoms with van der Waals surface area (Å²) in [5, 5.41) is 17.1. The van der Waals surface area contributed by atoms with E-state index >= 15 is 0 Å². The van der Waals surface area contributed by atoms with Gasteiger partial charge in [0.25, 0.3) is 0 Å². The molecule has 0 saturated carbocycles. The Hall–Kier alpha value is -2.40. The van der Waals surface area contributed by atoms with Crippen molar-refractivity contribution in [3.63, 3.8) is 0 Å². The van der Waals surface area contributed by atoms with Gasteiger partial charge in [-0.1, -0.05) is 13.3 Å². The van der Waals surface area contributed by atoms with E-state index in [0.29, 0.717) is 6.42 Å². The summed E-state index contributed by atoms with van der Waals surface area (Å²) in [7, 11) is 0. The summed E-state index contributed by atoms with van der Waals surface area (Å²) in [6.07, 6.45) is 2.67. The molecular weight excluding hydrogens is 250 g/mol. The summed E-state index contributed by atoms with van der Waals surface area (Å²) >= 11 is 0. The zero-order valence-electron chi connectivity index (χ0n) is 10.4. The number of unbranched alkanes of at least 4 members (excludes halogenated alkanes) is 1. The van der Waals surface area contributed by atoms with Crippen molar-refractivity contribution in [1.29, 1.82) is 10.5 Å². The molecular formula is C14H12F2N2O. The van der Waals surface area contributed by atoms with Gasteiger partial charge in [-0.2, -0.15) is 10.5 Å². The van der Waals surface area contributed by atoms with Crippen LogP contribution in [0, 0.1) is 34.3 Å². The Morgan fingerprint density at radius 1 is 1.26 bits per heavy atom. The maximum Gasteiger partial charge on any atom is 0.190 e. The highest BCUT2D eigenvalue weighted by Crippen LogP contribution is 2.24. The molecule has 98 valence electrons. The fourth-order valence-corrected chi connectivity index (χ4v) is 1.38. The Balaban J connectivity index is 3.01. The van der Waals surface area contributed by atoms with Crippen LogP contribution >= 0.6 is 0 Å². The highest BCUT2D eigenvalue weighted by Gasteiger charge is 2.12. The van der Waals surface area contributed by atoms with Gasteiger partial charge in [0.2, 0.25) is 0 Å². The van der Waals surface area contributed by atoms with Crippen LogP contribution in [0.3, 0.4) is 0 Å². The molecule has 1 aromatic rings. The first kappa shape index (κ1) is 14.7. The third-order valence-electron chi connectivity index (χ3n) is 2.32. The van der Waals surface area contributed by atoms with Gasteiger partial charge in [-0.25, -0.2) is 8.78 Å². The van der Waals surface area contributed by atoms with E-state index in [1.165, 1.54) is 0 Å². The lowest BCUT2D eigenvalue weighted by atomic mass is 10.1. The predicted molar refractivity (Wildman–Crippen MR) is 66.0 cm³/mol. The SMILES string of the molecule is CCCCOc1c(F)cc(C=C(C#N)C#N)cc1F. The molecule has 0 aromatic heterocycles.